The van der Waals surface area contributed by atoms with Crippen molar-refractivity contribution >= 4 is 33.2 Å². The molecule has 1 amide bonds. The van der Waals surface area contributed by atoms with Crippen LogP contribution < -0.4 is 5.32 Å². The van der Waals surface area contributed by atoms with Gasteiger partial charge in [0.25, 0.3) is 5.91 Å². The van der Waals surface area contributed by atoms with Crippen LogP contribution in [0.25, 0.3) is 0 Å². The highest BCUT2D eigenvalue weighted by Gasteiger charge is 2.31. The Labute approximate surface area is 183 Å². The number of sulfonamides is 1. The molecule has 0 saturated heterocycles. The average molecular weight is 453 g/mol. The van der Waals surface area contributed by atoms with E-state index in [2.05, 4.69) is 10.4 Å². The molecule has 1 aliphatic rings. The van der Waals surface area contributed by atoms with Crippen LogP contribution >= 0.6 is 11.6 Å². The number of nitrogens with one attached hydrogen (secondary N) is 1. The zero-order chi connectivity index (χ0) is 22.3. The molecule has 0 aliphatic heterocycles. The molecule has 2 aromatic rings. The highest BCUT2D eigenvalue weighted by Crippen LogP contribution is 2.40. The second-order valence-electron chi connectivity index (χ2n) is 8.50. The topological polar surface area (TPSA) is 84.3 Å². The van der Waals surface area contributed by atoms with Crippen molar-refractivity contribution < 1.29 is 13.2 Å². The first kappa shape index (κ1) is 22.8. The standard InChI is InChI=1S/C21H29ClN4O3S/c1-6-25(7-2)30(28,29)19-12-15(10-11-16(19)22)23-20(27)18-13-17(14-8-9-14)24-26(18)21(3,4)5/h10-14H,6-9H2,1-5H3,(H,23,27). The monoisotopic (exact) mass is 452 g/mol. The zero-order valence-corrected chi connectivity index (χ0v) is 19.6. The lowest BCUT2D eigenvalue weighted by Crippen LogP contribution is -2.31. The van der Waals surface area contributed by atoms with Crippen molar-refractivity contribution in [2.75, 3.05) is 18.4 Å². The van der Waals surface area contributed by atoms with Crippen molar-refractivity contribution in [3.63, 3.8) is 0 Å². The predicted molar refractivity (Wildman–Crippen MR) is 119 cm³/mol. The van der Waals surface area contributed by atoms with Gasteiger partial charge in [0.2, 0.25) is 10.0 Å². The van der Waals surface area contributed by atoms with Gasteiger partial charge in [-0.15, -0.1) is 0 Å². The van der Waals surface area contributed by atoms with Crippen LogP contribution in [0.1, 0.15) is 69.6 Å². The van der Waals surface area contributed by atoms with Crippen LogP contribution in [0.4, 0.5) is 5.69 Å². The van der Waals surface area contributed by atoms with Gasteiger partial charge in [-0.1, -0.05) is 25.4 Å². The summed E-state index contributed by atoms with van der Waals surface area (Å²) in [4.78, 5) is 13.0. The molecule has 1 heterocycles. The second kappa shape index (κ2) is 8.32. The van der Waals surface area contributed by atoms with Gasteiger partial charge in [0.1, 0.15) is 10.6 Å². The van der Waals surface area contributed by atoms with Gasteiger partial charge in [0.05, 0.1) is 16.3 Å². The predicted octanol–water partition coefficient (Wildman–Crippen LogP) is 4.45. The molecule has 0 atom stereocenters. The summed E-state index contributed by atoms with van der Waals surface area (Å²) >= 11 is 6.19. The van der Waals surface area contributed by atoms with Crippen molar-refractivity contribution in [2.45, 2.75) is 63.8 Å². The van der Waals surface area contributed by atoms with Gasteiger partial charge in [-0.05, 0) is 57.9 Å². The number of benzene rings is 1. The molecule has 164 valence electrons. The number of anilines is 1. The van der Waals surface area contributed by atoms with Gasteiger partial charge < -0.3 is 5.32 Å². The quantitative estimate of drug-likeness (QED) is 0.672. The molecule has 9 heteroatoms. The largest absolute Gasteiger partial charge is 0.321 e. The summed E-state index contributed by atoms with van der Waals surface area (Å²) < 4.78 is 28.9. The third-order valence-corrected chi connectivity index (χ3v) is 7.64. The number of hydrogen-bond donors (Lipinski definition) is 1. The number of amides is 1. The summed E-state index contributed by atoms with van der Waals surface area (Å²) in [6.07, 6.45) is 2.18. The van der Waals surface area contributed by atoms with Crippen LogP contribution in [0.15, 0.2) is 29.2 Å². The van der Waals surface area contributed by atoms with Gasteiger partial charge in [0, 0.05) is 24.7 Å². The van der Waals surface area contributed by atoms with Gasteiger partial charge in [-0.3, -0.25) is 9.48 Å². The van der Waals surface area contributed by atoms with Crippen LogP contribution in [0.2, 0.25) is 5.02 Å². The Balaban J connectivity index is 1.93. The number of hydrogen-bond acceptors (Lipinski definition) is 4. The van der Waals surface area contributed by atoms with Crippen molar-refractivity contribution in [3.8, 4) is 0 Å². The van der Waals surface area contributed by atoms with Crippen molar-refractivity contribution in [3.05, 3.63) is 40.7 Å². The van der Waals surface area contributed by atoms with Crippen LogP contribution in [0.3, 0.4) is 0 Å². The minimum atomic E-state index is -3.75. The van der Waals surface area contributed by atoms with Crippen LogP contribution in [-0.2, 0) is 15.6 Å². The van der Waals surface area contributed by atoms with Crippen LogP contribution in [0, 0.1) is 0 Å². The molecule has 1 aromatic heterocycles. The lowest BCUT2D eigenvalue weighted by atomic mass is 10.1. The smallest absolute Gasteiger partial charge is 0.273 e. The third-order valence-electron chi connectivity index (χ3n) is 5.10. The van der Waals surface area contributed by atoms with E-state index >= 15 is 0 Å². The first-order chi connectivity index (χ1) is 14.0. The first-order valence-electron chi connectivity index (χ1n) is 10.2. The lowest BCUT2D eigenvalue weighted by molar-refractivity contribution is 0.100. The van der Waals surface area contributed by atoms with E-state index in [1.54, 1.807) is 24.6 Å². The molecule has 0 spiro atoms. The maximum atomic E-state index is 13.1. The fourth-order valence-electron chi connectivity index (χ4n) is 3.33. The Morgan fingerprint density at radius 3 is 2.40 bits per heavy atom. The highest BCUT2D eigenvalue weighted by molar-refractivity contribution is 7.89. The van der Waals surface area contributed by atoms with Gasteiger partial charge in [0.15, 0.2) is 0 Å². The number of carbonyl (C=O) groups is 1. The summed E-state index contributed by atoms with van der Waals surface area (Å²) in [6, 6.07) is 6.33. The normalized spacial score (nSPS) is 14.9. The van der Waals surface area contributed by atoms with Crippen molar-refractivity contribution in [2.24, 2.45) is 0 Å². The summed E-state index contributed by atoms with van der Waals surface area (Å²) in [6.45, 7) is 10.2. The van der Waals surface area contributed by atoms with E-state index in [-0.39, 0.29) is 21.4 Å². The fourth-order valence-corrected chi connectivity index (χ4v) is 5.29. The van der Waals surface area contributed by atoms with E-state index in [9.17, 15) is 13.2 Å². The Bertz CT molecular complexity index is 1050. The van der Waals surface area contributed by atoms with Gasteiger partial charge in [-0.2, -0.15) is 9.40 Å². The Morgan fingerprint density at radius 2 is 1.87 bits per heavy atom. The number of rotatable bonds is 7. The number of aromatic nitrogens is 2. The van der Waals surface area contributed by atoms with E-state index < -0.39 is 10.0 Å². The number of nitrogens with zero attached hydrogens (tertiary/aromatic N) is 3. The summed E-state index contributed by atoms with van der Waals surface area (Å²) in [5.41, 5.74) is 1.38. The van der Waals surface area contributed by atoms with E-state index in [1.807, 2.05) is 26.8 Å². The summed E-state index contributed by atoms with van der Waals surface area (Å²) in [7, 11) is -3.75. The van der Waals surface area contributed by atoms with E-state index in [0.717, 1.165) is 18.5 Å². The third kappa shape index (κ3) is 4.55. The molecular formula is C21H29ClN4O3S. The molecule has 1 aromatic carbocycles. The molecule has 0 unspecified atom stereocenters. The number of halogens is 1. The Kier molecular flexibility index (Phi) is 6.32. The molecule has 0 bridgehead atoms. The zero-order valence-electron chi connectivity index (χ0n) is 18.1. The van der Waals surface area contributed by atoms with E-state index in [4.69, 9.17) is 11.6 Å². The van der Waals surface area contributed by atoms with E-state index in [0.29, 0.717) is 30.4 Å². The molecule has 30 heavy (non-hydrogen) atoms. The molecule has 7 nitrogen and oxygen atoms in total. The molecule has 1 N–H and O–H groups in total. The number of carbonyl (C=O) groups excluding carboxylic acids is 1. The highest BCUT2D eigenvalue weighted by atomic mass is 35.5. The maximum absolute atomic E-state index is 13.1. The molecule has 1 fully saturated rings. The SMILES string of the molecule is CCN(CC)S(=O)(=O)c1cc(NC(=O)c2cc(C3CC3)nn2C(C)(C)C)ccc1Cl. The Morgan fingerprint density at radius 1 is 1.23 bits per heavy atom. The average Bonchev–Trinajstić information content (AvgIpc) is 3.40. The van der Waals surface area contributed by atoms with Gasteiger partial charge in [-0.25, -0.2) is 8.42 Å². The lowest BCUT2D eigenvalue weighted by Gasteiger charge is -2.22. The Hall–Kier alpha value is -1.90. The van der Waals surface area contributed by atoms with Crippen molar-refractivity contribution in [1.29, 1.82) is 0 Å². The van der Waals surface area contributed by atoms with Gasteiger partial charge >= 0.3 is 0 Å². The second-order valence-corrected chi connectivity index (χ2v) is 10.8. The minimum absolute atomic E-state index is 0.0198. The van der Waals surface area contributed by atoms with Crippen LogP contribution in [0.5, 0.6) is 0 Å². The maximum Gasteiger partial charge on any atom is 0.273 e. The molecule has 0 radical (unpaired) electrons. The molecule has 1 aliphatic carbocycles. The fraction of sp³-hybridized carbons (Fsp3) is 0.524. The summed E-state index contributed by atoms with van der Waals surface area (Å²) in [5.74, 6) is 0.0827. The molecular weight excluding hydrogens is 424 g/mol. The molecule has 1 saturated carbocycles. The van der Waals surface area contributed by atoms with Crippen molar-refractivity contribution in [1.82, 2.24) is 14.1 Å². The molecule has 3 rings (SSSR count). The first-order valence-corrected chi connectivity index (χ1v) is 12.0. The summed E-state index contributed by atoms with van der Waals surface area (Å²) in [5, 5.41) is 7.59. The minimum Gasteiger partial charge on any atom is -0.321 e. The van der Waals surface area contributed by atoms with E-state index in [1.165, 1.54) is 16.4 Å². The van der Waals surface area contributed by atoms with Crippen LogP contribution in [-0.4, -0.2) is 41.5 Å².